The monoisotopic (exact) mass is 986 g/mol. The molecule has 0 fully saturated rings. The number of fused-ring (bicyclic) bond motifs is 4. The third-order valence-corrected chi connectivity index (χ3v) is 11.9. The zero-order valence-corrected chi connectivity index (χ0v) is 37.9. The summed E-state index contributed by atoms with van der Waals surface area (Å²) in [5.41, 5.74) is 15.3. The van der Waals surface area contributed by atoms with E-state index < -0.39 is 0 Å². The zero-order chi connectivity index (χ0) is 41.7. The van der Waals surface area contributed by atoms with Crippen LogP contribution in [0.25, 0.3) is 49.9 Å². The molecule has 6 heteroatoms. The van der Waals surface area contributed by atoms with Gasteiger partial charge in [-0.25, -0.2) is 4.98 Å². The average molecular weight is 987 g/mol. The molecule has 1 aliphatic heterocycles. The van der Waals surface area contributed by atoms with Gasteiger partial charge in [-0.3, -0.25) is 0 Å². The second kappa shape index (κ2) is 16.8. The van der Waals surface area contributed by atoms with Crippen LogP contribution in [0.1, 0.15) is 43.0 Å². The van der Waals surface area contributed by atoms with Gasteiger partial charge in [0.25, 0.3) is 0 Å². The SMILES string of the molecule is Cc1cccc(C)c1-c1ccc(CCN2[CH-]N(c3[c-]c(Oc4[c-]c5c(cc4)c4ccccc4n5-c4cc(C(C)(C)C)ccn4)ccc3)c3ccccc32)c(-c2ccccc2)c1.[Pt]. The van der Waals surface area contributed by atoms with Crippen molar-refractivity contribution in [3.8, 4) is 39.6 Å². The molecule has 0 amide bonds. The molecule has 310 valence electrons. The van der Waals surface area contributed by atoms with Gasteiger partial charge in [0.2, 0.25) is 0 Å². The number of pyridine rings is 1. The Morgan fingerprint density at radius 3 is 2.18 bits per heavy atom. The Hall–Kier alpha value is -6.42. The van der Waals surface area contributed by atoms with E-state index in [1.807, 2.05) is 24.4 Å². The zero-order valence-electron chi connectivity index (χ0n) is 35.6. The van der Waals surface area contributed by atoms with Crippen LogP contribution in [0, 0.1) is 32.6 Å². The molecule has 0 radical (unpaired) electrons. The molecule has 5 nitrogen and oxygen atoms in total. The van der Waals surface area contributed by atoms with Crippen molar-refractivity contribution < 1.29 is 25.8 Å². The summed E-state index contributed by atoms with van der Waals surface area (Å²) in [6, 6.07) is 63.0. The van der Waals surface area contributed by atoms with E-state index in [0.717, 1.165) is 57.7 Å². The number of benzene rings is 7. The Morgan fingerprint density at radius 1 is 0.645 bits per heavy atom. The van der Waals surface area contributed by atoms with Crippen molar-refractivity contribution in [1.82, 2.24) is 9.55 Å². The van der Waals surface area contributed by atoms with Crippen LogP contribution < -0.4 is 14.5 Å². The van der Waals surface area contributed by atoms with E-state index in [9.17, 15) is 0 Å². The molecule has 0 saturated heterocycles. The van der Waals surface area contributed by atoms with Gasteiger partial charge in [0, 0.05) is 55.7 Å². The minimum Gasteiger partial charge on any atom is -0.509 e. The second-order valence-corrected chi connectivity index (χ2v) is 17.0. The molecule has 0 aliphatic carbocycles. The van der Waals surface area contributed by atoms with Gasteiger partial charge in [-0.15, -0.1) is 41.4 Å². The van der Waals surface area contributed by atoms with Crippen molar-refractivity contribution in [3.05, 3.63) is 205 Å². The fraction of sp³-hybridized carbons (Fsp3) is 0.143. The fourth-order valence-electron chi connectivity index (χ4n) is 8.83. The van der Waals surface area contributed by atoms with Crippen LogP contribution in [0.5, 0.6) is 11.5 Å². The van der Waals surface area contributed by atoms with Crippen LogP contribution in [0.2, 0.25) is 0 Å². The Morgan fingerprint density at radius 2 is 1.37 bits per heavy atom. The number of hydrogen-bond acceptors (Lipinski definition) is 4. The molecule has 62 heavy (non-hydrogen) atoms. The molecule has 9 aromatic rings. The third-order valence-electron chi connectivity index (χ3n) is 11.9. The Kier molecular flexibility index (Phi) is 11.1. The number of aromatic nitrogens is 2. The summed E-state index contributed by atoms with van der Waals surface area (Å²) in [7, 11) is 0. The summed E-state index contributed by atoms with van der Waals surface area (Å²) in [5, 5.41) is 2.25. The third kappa shape index (κ3) is 7.71. The number of hydrogen-bond donors (Lipinski definition) is 0. The Balaban J connectivity index is 0.00000490. The number of rotatable bonds is 9. The molecule has 0 bridgehead atoms. The molecule has 10 rings (SSSR count). The molecule has 3 heterocycles. The van der Waals surface area contributed by atoms with Crippen LogP contribution in [-0.4, -0.2) is 16.1 Å². The van der Waals surface area contributed by atoms with Crippen LogP contribution >= 0.6 is 0 Å². The fourth-order valence-corrected chi connectivity index (χ4v) is 8.83. The number of nitrogens with zero attached hydrogens (tertiary/aromatic N) is 4. The summed E-state index contributed by atoms with van der Waals surface area (Å²) in [6.07, 6.45) is 2.77. The minimum absolute atomic E-state index is 0. The number of para-hydroxylation sites is 3. The molecule has 0 unspecified atom stereocenters. The largest absolute Gasteiger partial charge is 0.509 e. The van der Waals surface area contributed by atoms with E-state index in [-0.39, 0.29) is 26.5 Å². The smallest absolute Gasteiger partial charge is 0.135 e. The molecule has 0 atom stereocenters. The molecule has 1 aliphatic rings. The maximum Gasteiger partial charge on any atom is 0.135 e. The number of aryl methyl sites for hydroxylation is 2. The summed E-state index contributed by atoms with van der Waals surface area (Å²) < 4.78 is 8.78. The van der Waals surface area contributed by atoms with Gasteiger partial charge in [-0.1, -0.05) is 117 Å². The van der Waals surface area contributed by atoms with E-state index >= 15 is 0 Å². The Labute approximate surface area is 379 Å². The van der Waals surface area contributed by atoms with Crippen molar-refractivity contribution in [3.63, 3.8) is 0 Å². The maximum atomic E-state index is 6.58. The average Bonchev–Trinajstić information content (AvgIpc) is 3.81. The van der Waals surface area contributed by atoms with Crippen LogP contribution in [0.3, 0.4) is 0 Å². The Bertz CT molecular complexity index is 3050. The first-order valence-electron chi connectivity index (χ1n) is 21.1. The first kappa shape index (κ1) is 41.0. The molecule has 0 spiro atoms. The molecule has 2 aromatic heterocycles. The van der Waals surface area contributed by atoms with E-state index in [1.54, 1.807) is 0 Å². The minimum atomic E-state index is -0.0146. The molecule has 0 saturated carbocycles. The van der Waals surface area contributed by atoms with Gasteiger partial charge in [-0.05, 0) is 119 Å². The predicted octanol–water partition coefficient (Wildman–Crippen LogP) is 14.1. The normalized spacial score (nSPS) is 12.5. The topological polar surface area (TPSA) is 33.5 Å². The molecule has 7 aromatic carbocycles. The van der Waals surface area contributed by atoms with Crippen LogP contribution in [0.15, 0.2) is 164 Å². The first-order chi connectivity index (χ1) is 29.7. The van der Waals surface area contributed by atoms with Crippen LogP contribution in [-0.2, 0) is 32.9 Å². The van der Waals surface area contributed by atoms with Crippen molar-refractivity contribution in [1.29, 1.82) is 0 Å². The second-order valence-electron chi connectivity index (χ2n) is 17.0. The van der Waals surface area contributed by atoms with Crippen molar-refractivity contribution >= 4 is 38.9 Å². The summed E-state index contributed by atoms with van der Waals surface area (Å²) in [4.78, 5) is 9.41. The van der Waals surface area contributed by atoms with Gasteiger partial charge >= 0.3 is 0 Å². The summed E-state index contributed by atoms with van der Waals surface area (Å²) in [5.74, 6) is 2.09. The number of ether oxygens (including phenoxy) is 1. The van der Waals surface area contributed by atoms with E-state index in [2.05, 4.69) is 207 Å². The van der Waals surface area contributed by atoms with E-state index in [1.165, 1.54) is 44.5 Å². The predicted molar refractivity (Wildman–Crippen MR) is 252 cm³/mol. The van der Waals surface area contributed by atoms with Gasteiger partial charge in [0.1, 0.15) is 5.82 Å². The summed E-state index contributed by atoms with van der Waals surface area (Å²) in [6.45, 7) is 14.1. The molecular weight excluding hydrogens is 940 g/mol. The number of anilines is 3. The van der Waals surface area contributed by atoms with Crippen molar-refractivity contribution in [2.45, 2.75) is 46.5 Å². The van der Waals surface area contributed by atoms with Crippen molar-refractivity contribution in [2.24, 2.45) is 0 Å². The van der Waals surface area contributed by atoms with Gasteiger partial charge in [-0.2, -0.15) is 18.8 Å². The molecular formula is C56H47N4OPt-3. The van der Waals surface area contributed by atoms with Crippen LogP contribution in [0.4, 0.5) is 17.1 Å². The summed E-state index contributed by atoms with van der Waals surface area (Å²) >= 11 is 0. The quantitative estimate of drug-likeness (QED) is 0.135. The first-order valence-corrected chi connectivity index (χ1v) is 21.1. The van der Waals surface area contributed by atoms with E-state index in [0.29, 0.717) is 11.5 Å². The maximum absolute atomic E-state index is 6.58. The van der Waals surface area contributed by atoms with Crippen molar-refractivity contribution in [2.75, 3.05) is 16.3 Å². The standard InChI is InChI=1S/C56H47N4O.Pt/c1-38-15-13-16-39(2)55(38)42-26-25-41(49(33-42)40-17-7-6-8-18-40)30-32-58-37-59(52-24-12-11-23-51(52)58)44-19-14-20-45(35-44)61-46-27-28-48-47-21-9-10-22-50(47)60(53(48)36-46)54-34-43(29-31-57-54)56(3,4)5;/h6-29,31,33-34,37H,30,32H2,1-5H3;/q-3;. The van der Waals surface area contributed by atoms with Gasteiger partial charge < -0.3 is 19.1 Å². The van der Waals surface area contributed by atoms with Gasteiger partial charge in [0.15, 0.2) is 0 Å². The van der Waals surface area contributed by atoms with Gasteiger partial charge in [0.05, 0.1) is 0 Å². The molecule has 0 N–H and O–H groups in total. The van der Waals surface area contributed by atoms with E-state index in [4.69, 9.17) is 9.72 Å².